The zero-order valence-corrected chi connectivity index (χ0v) is 15.2. The number of pyridine rings is 1. The van der Waals surface area contributed by atoms with Crippen LogP contribution < -0.4 is 5.32 Å². The number of nitrogens with one attached hydrogen (secondary N) is 1. The summed E-state index contributed by atoms with van der Waals surface area (Å²) in [5.74, 6) is 0.678. The van der Waals surface area contributed by atoms with Crippen LogP contribution in [0, 0.1) is 0 Å². The predicted octanol–water partition coefficient (Wildman–Crippen LogP) is 4.53. The van der Waals surface area contributed by atoms with Gasteiger partial charge in [0, 0.05) is 30.4 Å². The third-order valence-corrected chi connectivity index (χ3v) is 4.48. The molecule has 0 amide bonds. The summed E-state index contributed by atoms with van der Waals surface area (Å²) in [7, 11) is 0. The number of halogens is 1. The number of benzene rings is 1. The van der Waals surface area contributed by atoms with Gasteiger partial charge in [0.2, 0.25) is 11.2 Å². The molecule has 0 atom stereocenters. The van der Waals surface area contributed by atoms with Gasteiger partial charge in [0.05, 0.1) is 10.9 Å². The van der Waals surface area contributed by atoms with E-state index in [1.807, 2.05) is 50.5 Å². The van der Waals surface area contributed by atoms with Crippen molar-refractivity contribution < 1.29 is 5.11 Å². The quantitative estimate of drug-likeness (QED) is 0.518. The third-order valence-electron chi connectivity index (χ3n) is 4.31. The van der Waals surface area contributed by atoms with Crippen LogP contribution in [0.3, 0.4) is 0 Å². The van der Waals surface area contributed by atoms with Crippen LogP contribution in [0.25, 0.3) is 21.8 Å². The smallest absolute Gasteiger partial charge is 0.225 e. The number of anilines is 1. The Balaban J connectivity index is 1.68. The minimum absolute atomic E-state index is 0.0912. The van der Waals surface area contributed by atoms with Crippen molar-refractivity contribution in [3.8, 4) is 5.88 Å². The van der Waals surface area contributed by atoms with E-state index in [0.29, 0.717) is 17.9 Å². The molecule has 3 aromatic heterocycles. The molecular weight excluding hydrogens is 350 g/mol. The van der Waals surface area contributed by atoms with E-state index in [4.69, 9.17) is 11.6 Å². The zero-order valence-electron chi connectivity index (χ0n) is 14.4. The summed E-state index contributed by atoms with van der Waals surface area (Å²) in [6.45, 7) is 4.51. The van der Waals surface area contributed by atoms with Crippen molar-refractivity contribution in [3.63, 3.8) is 0 Å². The van der Waals surface area contributed by atoms with Gasteiger partial charge in [-0.3, -0.25) is 4.98 Å². The van der Waals surface area contributed by atoms with Gasteiger partial charge in [-0.25, -0.2) is 9.97 Å². The Kier molecular flexibility index (Phi) is 4.12. The van der Waals surface area contributed by atoms with Crippen LogP contribution in [0.15, 0.2) is 42.7 Å². The van der Waals surface area contributed by atoms with E-state index in [2.05, 4.69) is 26.3 Å². The van der Waals surface area contributed by atoms with Crippen LogP contribution in [0.2, 0.25) is 5.28 Å². The van der Waals surface area contributed by atoms with Crippen LogP contribution >= 0.6 is 11.6 Å². The van der Waals surface area contributed by atoms with Gasteiger partial charge in [0.1, 0.15) is 11.3 Å². The Morgan fingerprint density at radius 3 is 2.85 bits per heavy atom. The van der Waals surface area contributed by atoms with E-state index in [1.165, 1.54) is 0 Å². The molecule has 0 radical (unpaired) electrons. The van der Waals surface area contributed by atoms with Gasteiger partial charge in [-0.2, -0.15) is 0 Å². The lowest BCUT2D eigenvalue weighted by atomic mass is 10.1. The summed E-state index contributed by atoms with van der Waals surface area (Å²) in [5.41, 5.74) is 2.43. The van der Waals surface area contributed by atoms with Gasteiger partial charge in [0.15, 0.2) is 0 Å². The maximum atomic E-state index is 10.4. The van der Waals surface area contributed by atoms with Crippen LogP contribution in [-0.4, -0.2) is 24.6 Å². The predicted molar refractivity (Wildman–Crippen MR) is 104 cm³/mol. The second-order valence-corrected chi connectivity index (χ2v) is 6.79. The molecule has 26 heavy (non-hydrogen) atoms. The molecule has 4 aromatic rings. The van der Waals surface area contributed by atoms with Crippen LogP contribution in [0.1, 0.15) is 25.5 Å². The lowest BCUT2D eigenvalue weighted by Crippen LogP contribution is -2.03. The highest BCUT2D eigenvalue weighted by Crippen LogP contribution is 2.33. The molecule has 7 heteroatoms. The van der Waals surface area contributed by atoms with Gasteiger partial charge < -0.3 is 15.0 Å². The molecule has 1 aromatic carbocycles. The average molecular weight is 368 g/mol. The number of nitrogens with zero attached hydrogens (tertiary/aromatic N) is 4. The summed E-state index contributed by atoms with van der Waals surface area (Å²) >= 11 is 6.05. The first-order valence-electron chi connectivity index (χ1n) is 8.37. The second kappa shape index (κ2) is 6.46. The first kappa shape index (κ1) is 16.6. The molecule has 4 rings (SSSR count). The van der Waals surface area contributed by atoms with Gasteiger partial charge in [-0.15, -0.1) is 0 Å². The largest absolute Gasteiger partial charge is 0.493 e. The molecule has 0 unspecified atom stereocenters. The van der Waals surface area contributed by atoms with Gasteiger partial charge in [0.25, 0.3) is 0 Å². The molecule has 0 saturated carbocycles. The fourth-order valence-corrected chi connectivity index (χ4v) is 3.15. The fraction of sp³-hybridized carbons (Fsp3) is 0.211. The summed E-state index contributed by atoms with van der Waals surface area (Å²) in [6, 6.07) is 10.2. The summed E-state index contributed by atoms with van der Waals surface area (Å²) in [5, 5.41) is 15.6. The lowest BCUT2D eigenvalue weighted by molar-refractivity contribution is 0.404. The number of para-hydroxylation sites is 1. The molecule has 0 aliphatic rings. The van der Waals surface area contributed by atoms with Crippen molar-refractivity contribution in [1.82, 2.24) is 19.5 Å². The van der Waals surface area contributed by atoms with Crippen molar-refractivity contribution in [2.45, 2.75) is 26.4 Å². The summed E-state index contributed by atoms with van der Waals surface area (Å²) < 4.78 is 1.75. The van der Waals surface area contributed by atoms with Gasteiger partial charge >= 0.3 is 0 Å². The first-order valence-corrected chi connectivity index (χ1v) is 8.75. The van der Waals surface area contributed by atoms with Crippen molar-refractivity contribution in [1.29, 1.82) is 0 Å². The highest BCUT2D eigenvalue weighted by atomic mass is 35.5. The molecule has 0 fully saturated rings. The highest BCUT2D eigenvalue weighted by Gasteiger charge is 2.17. The fourth-order valence-electron chi connectivity index (χ4n) is 2.98. The van der Waals surface area contributed by atoms with Crippen molar-refractivity contribution in [2.24, 2.45) is 0 Å². The van der Waals surface area contributed by atoms with E-state index in [1.54, 1.807) is 4.57 Å². The van der Waals surface area contributed by atoms with Crippen molar-refractivity contribution >= 4 is 39.2 Å². The summed E-state index contributed by atoms with van der Waals surface area (Å²) in [6.07, 6.45) is 3.68. The standard InChI is InChI=1S/C19H18ClN5O/c1-11(2)25-10-14-16(18(25)26)23-19(20)24-17(14)22-9-12-7-13-5-3-4-6-15(13)21-8-12/h3-8,10-11,26H,9H2,1-2H3,(H,22,23,24). The maximum Gasteiger partial charge on any atom is 0.225 e. The average Bonchev–Trinajstić information content (AvgIpc) is 2.96. The highest BCUT2D eigenvalue weighted by molar-refractivity contribution is 6.29. The number of aromatic nitrogens is 4. The third kappa shape index (κ3) is 2.93. The summed E-state index contributed by atoms with van der Waals surface area (Å²) in [4.78, 5) is 12.9. The van der Waals surface area contributed by atoms with Crippen LogP contribution in [0.5, 0.6) is 5.88 Å². The Labute approximate surface area is 155 Å². The lowest BCUT2D eigenvalue weighted by Gasteiger charge is -2.08. The van der Waals surface area contributed by atoms with Gasteiger partial charge in [-0.05, 0) is 43.1 Å². The van der Waals surface area contributed by atoms with E-state index in [0.717, 1.165) is 21.9 Å². The molecule has 0 aliphatic heterocycles. The Hall–Kier alpha value is -2.86. The Bertz CT molecular complexity index is 1110. The van der Waals surface area contributed by atoms with Crippen LogP contribution in [0.4, 0.5) is 5.82 Å². The van der Waals surface area contributed by atoms with Crippen molar-refractivity contribution in [3.05, 3.63) is 53.6 Å². The van der Waals surface area contributed by atoms with E-state index in [9.17, 15) is 5.11 Å². The second-order valence-electron chi connectivity index (χ2n) is 6.45. The van der Waals surface area contributed by atoms with E-state index >= 15 is 0 Å². The molecular formula is C19H18ClN5O. The van der Waals surface area contributed by atoms with Crippen molar-refractivity contribution in [2.75, 3.05) is 5.32 Å². The number of fused-ring (bicyclic) bond motifs is 2. The van der Waals surface area contributed by atoms with E-state index in [-0.39, 0.29) is 17.2 Å². The molecule has 6 nitrogen and oxygen atoms in total. The molecule has 0 saturated heterocycles. The molecule has 0 spiro atoms. The monoisotopic (exact) mass is 367 g/mol. The molecule has 0 aliphatic carbocycles. The van der Waals surface area contributed by atoms with E-state index < -0.39 is 0 Å². The van der Waals surface area contributed by atoms with Gasteiger partial charge in [-0.1, -0.05) is 18.2 Å². The number of rotatable bonds is 4. The Morgan fingerprint density at radius 1 is 1.23 bits per heavy atom. The van der Waals surface area contributed by atoms with Crippen LogP contribution in [-0.2, 0) is 6.54 Å². The molecule has 3 heterocycles. The number of aromatic hydroxyl groups is 1. The normalized spacial score (nSPS) is 11.5. The Morgan fingerprint density at radius 2 is 2.04 bits per heavy atom. The topological polar surface area (TPSA) is 75.9 Å². The number of hydrogen-bond acceptors (Lipinski definition) is 5. The minimum atomic E-state index is 0.0912. The first-order chi connectivity index (χ1) is 12.5. The zero-order chi connectivity index (χ0) is 18.3. The maximum absolute atomic E-state index is 10.4. The molecule has 0 bridgehead atoms. The SMILES string of the molecule is CC(C)n1cc2c(NCc3cnc4ccccc4c3)nc(Cl)nc2c1O. The number of hydrogen-bond donors (Lipinski definition) is 2. The molecule has 132 valence electrons. The minimum Gasteiger partial charge on any atom is -0.493 e. The molecule has 2 N–H and O–H groups in total.